The van der Waals surface area contributed by atoms with Crippen LogP contribution in [0, 0.1) is 12.3 Å². The van der Waals surface area contributed by atoms with Gasteiger partial charge in [0.2, 0.25) is 0 Å². The monoisotopic (exact) mass is 188 g/mol. The SMILES string of the molecule is C#CC(N)c1cnc2ccsc2c1. The number of aromatic nitrogens is 1. The van der Waals surface area contributed by atoms with Crippen molar-refractivity contribution in [1.82, 2.24) is 4.98 Å². The summed E-state index contributed by atoms with van der Waals surface area (Å²) in [6, 6.07) is 3.63. The molecule has 0 aliphatic rings. The molecule has 2 aromatic heterocycles. The van der Waals surface area contributed by atoms with Crippen LogP contribution in [0.1, 0.15) is 11.6 Å². The second kappa shape index (κ2) is 3.17. The highest BCUT2D eigenvalue weighted by atomic mass is 32.1. The molecular formula is C10H8N2S. The summed E-state index contributed by atoms with van der Waals surface area (Å²) in [4.78, 5) is 4.25. The Labute approximate surface area is 80.4 Å². The van der Waals surface area contributed by atoms with Gasteiger partial charge in [-0.05, 0) is 17.5 Å². The number of terminal acetylenes is 1. The van der Waals surface area contributed by atoms with Gasteiger partial charge in [0.15, 0.2) is 0 Å². The minimum atomic E-state index is -0.348. The summed E-state index contributed by atoms with van der Waals surface area (Å²) < 4.78 is 1.13. The second-order valence-electron chi connectivity index (χ2n) is 2.72. The second-order valence-corrected chi connectivity index (χ2v) is 3.66. The first-order chi connectivity index (χ1) is 6.31. The summed E-state index contributed by atoms with van der Waals surface area (Å²) >= 11 is 1.64. The maximum absolute atomic E-state index is 5.68. The van der Waals surface area contributed by atoms with Crippen molar-refractivity contribution in [3.05, 3.63) is 29.3 Å². The number of nitrogens with zero attached hydrogens (tertiary/aromatic N) is 1. The standard InChI is InChI=1S/C10H8N2S/c1-2-8(11)7-5-10-9(12-6-7)3-4-13-10/h1,3-6,8H,11H2. The molecule has 2 N–H and O–H groups in total. The van der Waals surface area contributed by atoms with E-state index in [1.807, 2.05) is 17.5 Å². The Hall–Kier alpha value is -1.37. The molecule has 2 nitrogen and oxygen atoms in total. The lowest BCUT2D eigenvalue weighted by Crippen LogP contribution is -2.07. The van der Waals surface area contributed by atoms with Gasteiger partial charge in [-0.1, -0.05) is 5.92 Å². The molecule has 0 bridgehead atoms. The van der Waals surface area contributed by atoms with Gasteiger partial charge in [-0.15, -0.1) is 17.8 Å². The zero-order valence-corrected chi connectivity index (χ0v) is 7.71. The molecule has 13 heavy (non-hydrogen) atoms. The van der Waals surface area contributed by atoms with E-state index < -0.39 is 0 Å². The van der Waals surface area contributed by atoms with Gasteiger partial charge in [0.1, 0.15) is 0 Å². The average molecular weight is 188 g/mol. The minimum absolute atomic E-state index is 0.348. The van der Waals surface area contributed by atoms with E-state index in [9.17, 15) is 0 Å². The van der Waals surface area contributed by atoms with Crippen molar-refractivity contribution in [3.63, 3.8) is 0 Å². The minimum Gasteiger partial charge on any atom is -0.314 e. The normalized spacial score (nSPS) is 12.6. The first-order valence-corrected chi connectivity index (χ1v) is 4.74. The zero-order chi connectivity index (χ0) is 9.26. The summed E-state index contributed by atoms with van der Waals surface area (Å²) in [7, 11) is 0. The third-order valence-electron chi connectivity index (χ3n) is 1.86. The maximum Gasteiger partial charge on any atom is 0.0933 e. The van der Waals surface area contributed by atoms with Gasteiger partial charge < -0.3 is 5.73 Å². The lowest BCUT2D eigenvalue weighted by molar-refractivity contribution is 0.940. The molecular weight excluding hydrogens is 180 g/mol. The van der Waals surface area contributed by atoms with Gasteiger partial charge >= 0.3 is 0 Å². The molecule has 2 rings (SSSR count). The van der Waals surface area contributed by atoms with Crippen LogP contribution in [-0.4, -0.2) is 4.98 Å². The molecule has 64 valence electrons. The number of fused-ring (bicyclic) bond motifs is 1. The van der Waals surface area contributed by atoms with Crippen LogP contribution in [0.4, 0.5) is 0 Å². The van der Waals surface area contributed by atoms with Crippen molar-refractivity contribution >= 4 is 21.6 Å². The summed E-state index contributed by atoms with van der Waals surface area (Å²) in [5, 5.41) is 2.00. The molecule has 1 atom stereocenters. The van der Waals surface area contributed by atoms with E-state index in [-0.39, 0.29) is 6.04 Å². The summed E-state index contributed by atoms with van der Waals surface area (Å²) in [6.07, 6.45) is 6.96. The van der Waals surface area contributed by atoms with Crippen molar-refractivity contribution in [2.45, 2.75) is 6.04 Å². The first kappa shape index (κ1) is 8.24. The van der Waals surface area contributed by atoms with E-state index in [1.165, 1.54) is 0 Å². The average Bonchev–Trinajstić information content (AvgIpc) is 2.63. The Kier molecular flexibility index (Phi) is 2.01. The van der Waals surface area contributed by atoms with Crippen LogP contribution < -0.4 is 5.73 Å². The predicted molar refractivity (Wildman–Crippen MR) is 55.4 cm³/mol. The van der Waals surface area contributed by atoms with Crippen LogP contribution in [0.3, 0.4) is 0 Å². The van der Waals surface area contributed by atoms with Crippen LogP contribution in [-0.2, 0) is 0 Å². The van der Waals surface area contributed by atoms with Crippen LogP contribution in [0.2, 0.25) is 0 Å². The number of hydrogen-bond acceptors (Lipinski definition) is 3. The summed E-state index contributed by atoms with van der Waals surface area (Å²) in [5.41, 5.74) is 7.58. The van der Waals surface area contributed by atoms with Gasteiger partial charge in [-0.25, -0.2) is 0 Å². The largest absolute Gasteiger partial charge is 0.314 e. The summed E-state index contributed by atoms with van der Waals surface area (Å²) in [5.74, 6) is 2.48. The van der Waals surface area contributed by atoms with E-state index in [0.717, 1.165) is 15.8 Å². The lowest BCUT2D eigenvalue weighted by Gasteiger charge is -2.02. The quantitative estimate of drug-likeness (QED) is 0.694. The Morgan fingerprint density at radius 1 is 1.62 bits per heavy atom. The van der Waals surface area contributed by atoms with Crippen LogP contribution >= 0.6 is 11.3 Å². The molecule has 2 heterocycles. The number of hydrogen-bond donors (Lipinski definition) is 1. The zero-order valence-electron chi connectivity index (χ0n) is 6.90. The fourth-order valence-corrected chi connectivity index (χ4v) is 1.92. The molecule has 0 aliphatic carbocycles. The predicted octanol–water partition coefficient (Wildman–Crippen LogP) is 1.93. The van der Waals surface area contributed by atoms with Crippen molar-refractivity contribution in [3.8, 4) is 12.3 Å². The van der Waals surface area contributed by atoms with Crippen LogP contribution in [0.15, 0.2) is 23.7 Å². The molecule has 0 amide bonds. The fourth-order valence-electron chi connectivity index (χ4n) is 1.13. The maximum atomic E-state index is 5.68. The Morgan fingerprint density at radius 3 is 3.23 bits per heavy atom. The summed E-state index contributed by atoms with van der Waals surface area (Å²) in [6.45, 7) is 0. The van der Waals surface area contributed by atoms with E-state index in [0.29, 0.717) is 0 Å². The molecule has 0 spiro atoms. The molecule has 0 aromatic carbocycles. The van der Waals surface area contributed by atoms with E-state index in [4.69, 9.17) is 12.2 Å². The molecule has 2 aromatic rings. The fraction of sp³-hybridized carbons (Fsp3) is 0.100. The van der Waals surface area contributed by atoms with Crippen molar-refractivity contribution in [2.24, 2.45) is 5.73 Å². The molecule has 0 fully saturated rings. The van der Waals surface area contributed by atoms with E-state index in [1.54, 1.807) is 17.5 Å². The third kappa shape index (κ3) is 1.42. The lowest BCUT2D eigenvalue weighted by atomic mass is 10.1. The van der Waals surface area contributed by atoms with Crippen molar-refractivity contribution in [1.29, 1.82) is 0 Å². The van der Waals surface area contributed by atoms with Crippen molar-refractivity contribution in [2.75, 3.05) is 0 Å². The molecule has 3 heteroatoms. The smallest absolute Gasteiger partial charge is 0.0933 e. The number of nitrogens with two attached hydrogens (primary N) is 1. The Bertz CT molecular complexity index is 467. The highest BCUT2D eigenvalue weighted by Gasteiger charge is 2.04. The van der Waals surface area contributed by atoms with Crippen LogP contribution in [0.25, 0.3) is 10.2 Å². The van der Waals surface area contributed by atoms with Crippen LogP contribution in [0.5, 0.6) is 0 Å². The topological polar surface area (TPSA) is 38.9 Å². The van der Waals surface area contributed by atoms with Gasteiger partial charge in [-0.2, -0.15) is 0 Å². The molecule has 0 radical (unpaired) electrons. The Morgan fingerprint density at radius 2 is 2.46 bits per heavy atom. The first-order valence-electron chi connectivity index (χ1n) is 3.86. The number of thiophene rings is 1. The van der Waals surface area contributed by atoms with Gasteiger partial charge in [0, 0.05) is 11.8 Å². The highest BCUT2D eigenvalue weighted by Crippen LogP contribution is 2.21. The molecule has 0 saturated heterocycles. The van der Waals surface area contributed by atoms with Gasteiger partial charge in [0.05, 0.1) is 16.3 Å². The number of rotatable bonds is 1. The third-order valence-corrected chi connectivity index (χ3v) is 2.72. The van der Waals surface area contributed by atoms with Crippen molar-refractivity contribution < 1.29 is 0 Å². The van der Waals surface area contributed by atoms with Gasteiger partial charge in [0.25, 0.3) is 0 Å². The molecule has 1 unspecified atom stereocenters. The van der Waals surface area contributed by atoms with E-state index in [2.05, 4.69) is 10.9 Å². The molecule has 0 aliphatic heterocycles. The van der Waals surface area contributed by atoms with Gasteiger partial charge in [-0.3, -0.25) is 4.98 Å². The number of pyridine rings is 1. The Balaban J connectivity index is 2.55. The molecule has 0 saturated carbocycles. The van der Waals surface area contributed by atoms with E-state index >= 15 is 0 Å². The highest BCUT2D eigenvalue weighted by molar-refractivity contribution is 7.17.